The van der Waals surface area contributed by atoms with Gasteiger partial charge >= 0.3 is 7.12 Å². The third-order valence-corrected chi connectivity index (χ3v) is 8.33. The van der Waals surface area contributed by atoms with E-state index in [4.69, 9.17) is 20.8 Å². The molecule has 31 heavy (non-hydrogen) atoms. The first-order chi connectivity index (χ1) is 14.8. The van der Waals surface area contributed by atoms with Gasteiger partial charge in [-0.25, -0.2) is 0 Å². The van der Waals surface area contributed by atoms with Crippen molar-refractivity contribution in [1.82, 2.24) is 5.32 Å². The molecule has 0 spiro atoms. The van der Waals surface area contributed by atoms with Crippen LogP contribution < -0.4 is 16.8 Å². The van der Waals surface area contributed by atoms with Crippen LogP contribution in [0.5, 0.6) is 0 Å². The molecule has 170 valence electrons. The van der Waals surface area contributed by atoms with Crippen LogP contribution in [0.1, 0.15) is 64.3 Å². The van der Waals surface area contributed by atoms with Gasteiger partial charge in [0.1, 0.15) is 0 Å². The van der Waals surface area contributed by atoms with E-state index >= 15 is 0 Å². The number of rotatable bonds is 9. The van der Waals surface area contributed by atoms with Crippen LogP contribution in [-0.4, -0.2) is 43.9 Å². The Balaban J connectivity index is 1.45. The van der Waals surface area contributed by atoms with Crippen LogP contribution in [0.2, 0.25) is 0 Å². The number of benzene rings is 1. The lowest BCUT2D eigenvalue weighted by Gasteiger charge is -2.64. The standard InChI is InChI=1S/C24H38BN3O3/c1-23(2)17-13-20(23)24(3)21(14-17)30-25(31-24)18(16-9-5-4-6-10-16)15-28-22(29)19(27)11-7-8-12-26/h4-6,9-10,17-21H,7-8,11-15,26-27H2,1-3H3,(H,28,29)/t17?,18-,19-,20?,21?,24+/m0/s1. The molecule has 5 N–H and O–H groups in total. The Labute approximate surface area is 186 Å². The molecule has 1 aromatic rings. The fraction of sp³-hybridized carbons (Fsp3) is 0.708. The van der Waals surface area contributed by atoms with E-state index in [1.165, 1.54) is 6.42 Å². The van der Waals surface area contributed by atoms with Crippen LogP contribution >= 0.6 is 0 Å². The van der Waals surface area contributed by atoms with Crippen molar-refractivity contribution in [2.45, 2.75) is 76.4 Å². The van der Waals surface area contributed by atoms with Gasteiger partial charge in [-0.05, 0) is 62.0 Å². The summed E-state index contributed by atoms with van der Waals surface area (Å²) in [7, 11) is -0.374. The van der Waals surface area contributed by atoms with Gasteiger partial charge in [-0.15, -0.1) is 0 Å². The highest BCUT2D eigenvalue weighted by Gasteiger charge is 2.68. The van der Waals surface area contributed by atoms with Crippen molar-refractivity contribution in [1.29, 1.82) is 0 Å². The van der Waals surface area contributed by atoms with Crippen molar-refractivity contribution in [2.75, 3.05) is 13.1 Å². The van der Waals surface area contributed by atoms with Gasteiger partial charge in [-0.2, -0.15) is 0 Å². The number of carbonyl (C=O) groups excluding carboxylic acids is 1. The highest BCUT2D eigenvalue weighted by atomic mass is 16.7. The average Bonchev–Trinajstić information content (AvgIpc) is 3.11. The fourth-order valence-corrected chi connectivity index (χ4v) is 6.12. The number of hydrogen-bond acceptors (Lipinski definition) is 5. The third kappa shape index (κ3) is 4.18. The maximum Gasteiger partial charge on any atom is 0.467 e. The normalized spacial score (nSPS) is 32.7. The van der Waals surface area contributed by atoms with Crippen LogP contribution in [0.3, 0.4) is 0 Å². The molecule has 0 radical (unpaired) electrons. The lowest BCUT2D eigenvalue weighted by Crippen LogP contribution is -2.65. The van der Waals surface area contributed by atoms with Gasteiger partial charge in [0.05, 0.1) is 17.7 Å². The lowest BCUT2D eigenvalue weighted by molar-refractivity contribution is -0.199. The van der Waals surface area contributed by atoms with Crippen molar-refractivity contribution in [3.63, 3.8) is 0 Å². The summed E-state index contributed by atoms with van der Waals surface area (Å²) < 4.78 is 13.2. The van der Waals surface area contributed by atoms with E-state index in [0.717, 1.165) is 24.8 Å². The number of unbranched alkanes of at least 4 members (excludes halogenated alkanes) is 1. The summed E-state index contributed by atoms with van der Waals surface area (Å²) in [4.78, 5) is 12.6. The van der Waals surface area contributed by atoms with Crippen molar-refractivity contribution in [3.05, 3.63) is 35.9 Å². The molecule has 3 aliphatic carbocycles. The number of carbonyl (C=O) groups is 1. The molecule has 7 heteroatoms. The molecule has 4 aliphatic rings. The first kappa shape index (κ1) is 22.8. The van der Waals surface area contributed by atoms with E-state index in [1.807, 2.05) is 18.2 Å². The Morgan fingerprint density at radius 1 is 1.23 bits per heavy atom. The molecule has 1 aromatic carbocycles. The predicted molar refractivity (Wildman–Crippen MR) is 123 cm³/mol. The molecule has 1 amide bonds. The van der Waals surface area contributed by atoms with Crippen molar-refractivity contribution < 1.29 is 14.1 Å². The summed E-state index contributed by atoms with van der Waals surface area (Å²) in [6.45, 7) is 8.03. The zero-order valence-corrected chi connectivity index (χ0v) is 19.2. The maximum absolute atomic E-state index is 12.6. The fourth-order valence-electron chi connectivity index (χ4n) is 6.12. The minimum atomic E-state index is -0.512. The second-order valence-electron chi connectivity index (χ2n) is 10.5. The van der Waals surface area contributed by atoms with Gasteiger partial charge in [0.2, 0.25) is 5.91 Å². The molecule has 4 fully saturated rings. The smallest absolute Gasteiger partial charge is 0.405 e. The molecule has 1 heterocycles. The summed E-state index contributed by atoms with van der Waals surface area (Å²) in [5.74, 6) is 1.02. The average molecular weight is 427 g/mol. The minimum absolute atomic E-state index is 0.0795. The van der Waals surface area contributed by atoms with Crippen LogP contribution in [0.4, 0.5) is 0 Å². The molecule has 3 saturated carbocycles. The Hall–Kier alpha value is -1.41. The van der Waals surface area contributed by atoms with E-state index in [0.29, 0.717) is 36.8 Å². The molecular weight excluding hydrogens is 389 g/mol. The zero-order valence-electron chi connectivity index (χ0n) is 19.2. The highest BCUT2D eigenvalue weighted by molar-refractivity contribution is 6.47. The molecule has 6 atom stereocenters. The molecule has 1 aliphatic heterocycles. The summed E-state index contributed by atoms with van der Waals surface area (Å²) in [5, 5.41) is 3.06. The third-order valence-electron chi connectivity index (χ3n) is 8.33. The number of nitrogens with two attached hydrogens (primary N) is 2. The molecule has 6 nitrogen and oxygen atoms in total. The first-order valence-electron chi connectivity index (χ1n) is 11.9. The Kier molecular flexibility index (Phi) is 6.50. The van der Waals surface area contributed by atoms with E-state index in [1.54, 1.807) is 0 Å². The quantitative estimate of drug-likeness (QED) is 0.416. The van der Waals surface area contributed by atoms with Crippen LogP contribution in [0.25, 0.3) is 0 Å². The second kappa shape index (κ2) is 8.85. The number of hydrogen-bond donors (Lipinski definition) is 3. The SMILES string of the molecule is CC1(C)C2CC3OB([C@@H](CNC(=O)[C@@H](N)CCCCN)c4ccccc4)O[C@]3(C)C1C2. The molecule has 5 rings (SSSR count). The molecule has 3 unspecified atom stereocenters. The lowest BCUT2D eigenvalue weighted by atomic mass is 9.43. The van der Waals surface area contributed by atoms with Crippen molar-refractivity contribution in [3.8, 4) is 0 Å². The van der Waals surface area contributed by atoms with E-state index in [2.05, 4.69) is 38.2 Å². The van der Waals surface area contributed by atoms with Crippen molar-refractivity contribution in [2.24, 2.45) is 28.7 Å². The van der Waals surface area contributed by atoms with Gasteiger partial charge in [0, 0.05) is 12.4 Å². The summed E-state index contributed by atoms with van der Waals surface area (Å²) in [6.07, 6.45) is 4.79. The number of amides is 1. The maximum atomic E-state index is 12.6. The van der Waals surface area contributed by atoms with Gasteiger partial charge in [0.25, 0.3) is 0 Å². The van der Waals surface area contributed by atoms with Crippen LogP contribution in [-0.2, 0) is 14.1 Å². The molecule has 2 bridgehead atoms. The van der Waals surface area contributed by atoms with Gasteiger partial charge in [-0.3, -0.25) is 4.79 Å². The van der Waals surface area contributed by atoms with Gasteiger partial charge < -0.3 is 26.1 Å². The predicted octanol–water partition coefficient (Wildman–Crippen LogP) is 2.61. The summed E-state index contributed by atoms with van der Waals surface area (Å²) in [5.41, 5.74) is 12.8. The summed E-state index contributed by atoms with van der Waals surface area (Å²) in [6, 6.07) is 9.69. The van der Waals surface area contributed by atoms with E-state index < -0.39 is 6.04 Å². The minimum Gasteiger partial charge on any atom is -0.405 e. The monoisotopic (exact) mass is 427 g/mol. The number of nitrogens with one attached hydrogen (secondary N) is 1. The van der Waals surface area contributed by atoms with E-state index in [9.17, 15) is 4.79 Å². The highest BCUT2D eigenvalue weighted by Crippen LogP contribution is 2.66. The topological polar surface area (TPSA) is 99.6 Å². The van der Waals surface area contributed by atoms with Crippen molar-refractivity contribution >= 4 is 13.0 Å². The Morgan fingerprint density at radius 3 is 2.65 bits per heavy atom. The first-order valence-corrected chi connectivity index (χ1v) is 11.9. The Bertz CT molecular complexity index is 777. The van der Waals surface area contributed by atoms with E-state index in [-0.39, 0.29) is 30.5 Å². The van der Waals surface area contributed by atoms with Gasteiger partial charge in [0.15, 0.2) is 0 Å². The summed E-state index contributed by atoms with van der Waals surface area (Å²) >= 11 is 0. The van der Waals surface area contributed by atoms with Crippen LogP contribution in [0.15, 0.2) is 30.3 Å². The molecular formula is C24H38BN3O3. The largest absolute Gasteiger partial charge is 0.467 e. The zero-order chi connectivity index (χ0) is 22.2. The van der Waals surface area contributed by atoms with Gasteiger partial charge in [-0.1, -0.05) is 50.6 Å². The molecule has 0 aromatic heterocycles. The van der Waals surface area contributed by atoms with Crippen LogP contribution in [0, 0.1) is 17.3 Å². The molecule has 1 saturated heterocycles. The Morgan fingerprint density at radius 2 is 1.97 bits per heavy atom. The second-order valence-corrected chi connectivity index (χ2v) is 10.5.